The van der Waals surface area contributed by atoms with Gasteiger partial charge in [-0.15, -0.1) is 0 Å². The lowest BCUT2D eigenvalue weighted by Crippen LogP contribution is -2.47. The zero-order valence-electron chi connectivity index (χ0n) is 28.5. The van der Waals surface area contributed by atoms with Crippen molar-refractivity contribution in [1.29, 1.82) is 0 Å². The maximum absolute atomic E-state index is 15.0. The van der Waals surface area contributed by atoms with Gasteiger partial charge in [0.15, 0.2) is 0 Å². The molecule has 0 N–H and O–H groups in total. The van der Waals surface area contributed by atoms with Crippen molar-refractivity contribution >= 4 is 44.8 Å². The van der Waals surface area contributed by atoms with Crippen LogP contribution in [0, 0.1) is 0 Å². The summed E-state index contributed by atoms with van der Waals surface area (Å²) in [6, 6.07) is 36.3. The minimum atomic E-state index is -0.934. The number of para-hydroxylation sites is 1. The Hall–Kier alpha value is -5.23. The van der Waals surface area contributed by atoms with Crippen molar-refractivity contribution in [2.24, 2.45) is 0 Å². The summed E-state index contributed by atoms with van der Waals surface area (Å²) in [7, 11) is 0. The van der Waals surface area contributed by atoms with Gasteiger partial charge >= 0.3 is 0 Å². The van der Waals surface area contributed by atoms with Crippen molar-refractivity contribution in [2.75, 3.05) is 40.9 Å². The summed E-state index contributed by atoms with van der Waals surface area (Å²) in [4.78, 5) is 21.7. The Morgan fingerprint density at radius 3 is 1.81 bits per heavy atom. The highest BCUT2D eigenvalue weighted by atomic mass is 16.5. The average molecular weight is 635 g/mol. The molecule has 6 nitrogen and oxygen atoms in total. The molecule has 1 aromatic heterocycles. The quantitative estimate of drug-likeness (QED) is 0.167. The normalized spacial score (nSPS) is 14.3. The number of carbonyl (C=O) groups excluding carboxylic acids is 1. The molecule has 48 heavy (non-hydrogen) atoms. The Kier molecular flexibility index (Phi) is 7.20. The fourth-order valence-corrected chi connectivity index (χ4v) is 8.36. The van der Waals surface area contributed by atoms with Crippen LogP contribution in [0.2, 0.25) is 0 Å². The van der Waals surface area contributed by atoms with E-state index in [0.29, 0.717) is 5.56 Å². The highest BCUT2D eigenvalue weighted by molar-refractivity contribution is 6.16. The number of amides is 1. The maximum Gasteiger partial charge on any atom is 0.260 e. The number of aromatic nitrogens is 1. The Bertz CT molecular complexity index is 2150. The molecule has 0 bridgehead atoms. The summed E-state index contributed by atoms with van der Waals surface area (Å²) in [5.74, 6) is 1.55. The monoisotopic (exact) mass is 634 g/mol. The van der Waals surface area contributed by atoms with E-state index in [-0.39, 0.29) is 5.91 Å². The van der Waals surface area contributed by atoms with Gasteiger partial charge in [0, 0.05) is 106 Å². The predicted molar refractivity (Wildman–Crippen MR) is 198 cm³/mol. The smallest absolute Gasteiger partial charge is 0.260 e. The van der Waals surface area contributed by atoms with Crippen molar-refractivity contribution in [3.05, 3.63) is 125 Å². The number of benzene rings is 5. The third kappa shape index (κ3) is 4.08. The van der Waals surface area contributed by atoms with Crippen LogP contribution in [-0.4, -0.2) is 36.7 Å². The number of hydrogen-bond donors (Lipinski definition) is 0. The molecule has 2 aliphatic heterocycles. The number of hydrogen-bond acceptors (Lipinski definition) is 4. The second kappa shape index (κ2) is 11.5. The Morgan fingerprint density at radius 2 is 1.19 bits per heavy atom. The van der Waals surface area contributed by atoms with Crippen LogP contribution in [0.1, 0.15) is 61.7 Å². The minimum Gasteiger partial charge on any atom is -0.456 e. The van der Waals surface area contributed by atoms with Gasteiger partial charge in [-0.1, -0.05) is 48.5 Å². The first-order valence-corrected chi connectivity index (χ1v) is 17.4. The lowest BCUT2D eigenvalue weighted by Gasteiger charge is -2.44. The van der Waals surface area contributed by atoms with Crippen molar-refractivity contribution in [2.45, 2.75) is 46.7 Å². The van der Waals surface area contributed by atoms with E-state index in [2.05, 4.69) is 140 Å². The van der Waals surface area contributed by atoms with E-state index < -0.39 is 5.54 Å². The van der Waals surface area contributed by atoms with Crippen LogP contribution in [0.3, 0.4) is 0 Å². The fourth-order valence-electron chi connectivity index (χ4n) is 8.36. The number of fused-ring (bicyclic) bond motifs is 9. The Morgan fingerprint density at radius 1 is 0.604 bits per heavy atom. The average Bonchev–Trinajstić information content (AvgIpc) is 3.58. The molecule has 3 heterocycles. The highest BCUT2D eigenvalue weighted by Crippen LogP contribution is 2.59. The molecule has 2 aliphatic rings. The van der Waals surface area contributed by atoms with E-state index in [4.69, 9.17) is 4.74 Å². The first kappa shape index (κ1) is 30.1. The van der Waals surface area contributed by atoms with Gasteiger partial charge in [0.05, 0.1) is 0 Å². The maximum atomic E-state index is 15.0. The fraction of sp³-hybridized carbons (Fsp3) is 0.262. The molecule has 0 fully saturated rings. The number of carbonyl (C=O) groups is 1. The predicted octanol–water partition coefficient (Wildman–Crippen LogP) is 9.56. The summed E-state index contributed by atoms with van der Waals surface area (Å²) in [6.07, 6.45) is 0. The standard InChI is InChI=1S/C42H42N4O2/c1-6-43(7-2)28-19-22-35-39(26-28)48-40-27-29(44(8-3)9-4)20-23-36(40)42(35)34-17-13-11-16-32(34)41(47)46(42)30-21-24-38-33(25-30)31-15-12-14-18-37(31)45(38)10-5/h11-27H,6-10H2,1-5H3. The van der Waals surface area contributed by atoms with Gasteiger partial charge in [-0.25, -0.2) is 0 Å². The van der Waals surface area contributed by atoms with Crippen LogP contribution in [0.15, 0.2) is 103 Å². The summed E-state index contributed by atoms with van der Waals surface area (Å²) in [5, 5.41) is 2.33. The second-order valence-electron chi connectivity index (χ2n) is 12.7. The van der Waals surface area contributed by atoms with Crippen LogP contribution >= 0.6 is 0 Å². The highest BCUT2D eigenvalue weighted by Gasteiger charge is 2.57. The Labute approximate surface area is 282 Å². The summed E-state index contributed by atoms with van der Waals surface area (Å²) >= 11 is 0. The molecule has 6 heteroatoms. The van der Waals surface area contributed by atoms with E-state index in [9.17, 15) is 4.79 Å². The summed E-state index contributed by atoms with van der Waals surface area (Å²) in [6.45, 7) is 15.3. The zero-order valence-corrected chi connectivity index (χ0v) is 28.5. The van der Waals surface area contributed by atoms with Crippen molar-refractivity contribution in [3.63, 3.8) is 0 Å². The first-order chi connectivity index (χ1) is 23.5. The molecule has 0 radical (unpaired) electrons. The SMILES string of the molecule is CCN(CC)c1ccc2c(c1)Oc1cc(N(CC)CC)ccc1C21c2ccccc2C(=O)N1c1ccc2c(c1)c1ccccc1n2CC. The number of rotatable bonds is 8. The molecule has 8 rings (SSSR count). The molecule has 5 aromatic carbocycles. The van der Waals surface area contributed by atoms with Gasteiger partial charge in [-0.05, 0) is 77.1 Å². The van der Waals surface area contributed by atoms with Crippen LogP contribution < -0.4 is 19.4 Å². The van der Waals surface area contributed by atoms with Crippen LogP contribution in [0.5, 0.6) is 11.5 Å². The van der Waals surface area contributed by atoms with E-state index in [1.807, 2.05) is 17.0 Å². The van der Waals surface area contributed by atoms with Crippen molar-refractivity contribution in [1.82, 2.24) is 4.57 Å². The molecule has 6 aromatic rings. The van der Waals surface area contributed by atoms with Gasteiger partial charge in [-0.2, -0.15) is 0 Å². The van der Waals surface area contributed by atoms with Crippen LogP contribution in [-0.2, 0) is 12.1 Å². The number of nitrogens with zero attached hydrogens (tertiary/aromatic N) is 4. The molecular formula is C42H42N4O2. The minimum absolute atomic E-state index is 0.0105. The van der Waals surface area contributed by atoms with Gasteiger partial charge < -0.3 is 19.1 Å². The largest absolute Gasteiger partial charge is 0.456 e. The van der Waals surface area contributed by atoms with E-state index in [1.165, 1.54) is 16.4 Å². The van der Waals surface area contributed by atoms with Crippen LogP contribution in [0.4, 0.5) is 17.1 Å². The Balaban J connectivity index is 1.45. The second-order valence-corrected chi connectivity index (χ2v) is 12.7. The lowest BCUT2D eigenvalue weighted by molar-refractivity contribution is 0.0986. The van der Waals surface area contributed by atoms with E-state index in [0.717, 1.165) is 83.4 Å². The molecule has 242 valence electrons. The first-order valence-electron chi connectivity index (χ1n) is 17.4. The van der Waals surface area contributed by atoms with E-state index in [1.54, 1.807) is 0 Å². The zero-order chi connectivity index (χ0) is 33.2. The topological polar surface area (TPSA) is 41.0 Å². The molecule has 1 spiro atoms. The van der Waals surface area contributed by atoms with Crippen molar-refractivity contribution < 1.29 is 9.53 Å². The van der Waals surface area contributed by atoms with E-state index >= 15 is 0 Å². The van der Waals surface area contributed by atoms with Crippen LogP contribution in [0.25, 0.3) is 21.8 Å². The van der Waals surface area contributed by atoms with Gasteiger partial charge in [0.2, 0.25) is 0 Å². The van der Waals surface area contributed by atoms with Gasteiger partial charge in [-0.3, -0.25) is 9.69 Å². The van der Waals surface area contributed by atoms with Gasteiger partial charge in [0.25, 0.3) is 5.91 Å². The molecule has 0 unspecified atom stereocenters. The van der Waals surface area contributed by atoms with Crippen molar-refractivity contribution in [3.8, 4) is 11.5 Å². The number of aryl methyl sites for hydroxylation is 1. The molecule has 0 atom stereocenters. The molecule has 0 saturated heterocycles. The molecular weight excluding hydrogens is 592 g/mol. The molecule has 1 amide bonds. The van der Waals surface area contributed by atoms with Gasteiger partial charge in [0.1, 0.15) is 17.0 Å². The summed E-state index contributed by atoms with van der Waals surface area (Å²) in [5.41, 5.74) is 8.14. The molecule has 0 aliphatic carbocycles. The number of anilines is 3. The number of ether oxygens (including phenoxy) is 1. The molecule has 0 saturated carbocycles. The summed E-state index contributed by atoms with van der Waals surface area (Å²) < 4.78 is 9.26. The lowest BCUT2D eigenvalue weighted by atomic mass is 9.74. The third-order valence-corrected chi connectivity index (χ3v) is 10.6. The third-order valence-electron chi connectivity index (χ3n) is 10.6.